The number of halogens is 4. The molecule has 2 aromatic rings. The highest BCUT2D eigenvalue weighted by atomic mass is 79.9. The van der Waals surface area contributed by atoms with Crippen molar-refractivity contribution in [1.29, 1.82) is 0 Å². The van der Waals surface area contributed by atoms with E-state index in [1.807, 2.05) is 0 Å². The summed E-state index contributed by atoms with van der Waals surface area (Å²) >= 11 is 4.33. The number of carbonyl (C=O) groups is 1. The number of ketones is 1. The fourth-order valence-electron chi connectivity index (χ4n) is 1.45. The van der Waals surface area contributed by atoms with Gasteiger partial charge in [-0.3, -0.25) is 4.79 Å². The Kier molecular flexibility index (Phi) is 3.59. The average Bonchev–Trinajstić information content (AvgIpc) is 2.57. The molecule has 0 unspecified atom stereocenters. The molecule has 0 spiro atoms. The minimum atomic E-state index is -1.19. The van der Waals surface area contributed by atoms with E-state index in [2.05, 4.69) is 15.9 Å². The fraction of sp³-hybridized carbons (Fsp3) is 0.0833. The number of hydrogen-bond donors (Lipinski definition) is 0. The van der Waals surface area contributed by atoms with Crippen molar-refractivity contribution in [2.75, 3.05) is 0 Å². The highest BCUT2D eigenvalue weighted by molar-refractivity contribution is 9.10. The number of aryl methyl sites for hydroxylation is 1. The van der Waals surface area contributed by atoms with Gasteiger partial charge in [0, 0.05) is 21.5 Å². The van der Waals surface area contributed by atoms with Gasteiger partial charge in [-0.2, -0.15) is 0 Å². The van der Waals surface area contributed by atoms with E-state index >= 15 is 0 Å². The Balaban J connectivity index is 2.52. The van der Waals surface area contributed by atoms with Crippen LogP contribution in [0, 0.1) is 24.4 Å². The molecule has 0 saturated heterocycles. The Bertz CT molecular complexity index is 594. The third-order valence-corrected chi connectivity index (χ3v) is 4.45. The Morgan fingerprint density at radius 1 is 1.17 bits per heavy atom. The molecule has 0 aliphatic carbocycles. The number of rotatable bonds is 2. The first kappa shape index (κ1) is 13.3. The normalized spacial score (nSPS) is 10.7. The summed E-state index contributed by atoms with van der Waals surface area (Å²) in [4.78, 5) is 13.0. The summed E-state index contributed by atoms with van der Waals surface area (Å²) in [5, 5.41) is 0. The van der Waals surface area contributed by atoms with E-state index in [4.69, 9.17) is 0 Å². The van der Waals surface area contributed by atoms with Crippen molar-refractivity contribution in [3.8, 4) is 0 Å². The molecule has 1 aromatic heterocycles. The van der Waals surface area contributed by atoms with Crippen molar-refractivity contribution in [2.45, 2.75) is 6.92 Å². The molecule has 0 bridgehead atoms. The van der Waals surface area contributed by atoms with Gasteiger partial charge in [0.15, 0.2) is 0 Å². The van der Waals surface area contributed by atoms with Crippen LogP contribution in [0.15, 0.2) is 22.7 Å². The maximum atomic E-state index is 13.4. The standard InChI is InChI=1S/C12H6BrF3OS/c1-5-7(13)4-10(18-5)12(17)11-8(15)2-6(14)3-9(11)16/h2-4H,1H3. The average molecular weight is 335 g/mol. The molecule has 18 heavy (non-hydrogen) atoms. The maximum absolute atomic E-state index is 13.4. The van der Waals surface area contributed by atoms with Gasteiger partial charge in [-0.25, -0.2) is 13.2 Å². The van der Waals surface area contributed by atoms with Crippen LogP contribution < -0.4 is 0 Å². The third-order valence-electron chi connectivity index (χ3n) is 2.31. The second-order valence-electron chi connectivity index (χ2n) is 3.59. The van der Waals surface area contributed by atoms with Crippen LogP contribution in [0.25, 0.3) is 0 Å². The lowest BCUT2D eigenvalue weighted by atomic mass is 10.1. The van der Waals surface area contributed by atoms with E-state index in [0.717, 1.165) is 16.2 Å². The lowest BCUT2D eigenvalue weighted by molar-refractivity contribution is 0.103. The molecule has 2 rings (SSSR count). The lowest BCUT2D eigenvalue weighted by Crippen LogP contribution is -2.06. The van der Waals surface area contributed by atoms with Crippen molar-refractivity contribution in [2.24, 2.45) is 0 Å². The van der Waals surface area contributed by atoms with Gasteiger partial charge >= 0.3 is 0 Å². The Morgan fingerprint density at radius 3 is 2.17 bits per heavy atom. The largest absolute Gasteiger partial charge is 0.287 e. The molecule has 0 saturated carbocycles. The quantitative estimate of drug-likeness (QED) is 0.740. The first-order valence-corrected chi connectivity index (χ1v) is 6.46. The summed E-state index contributed by atoms with van der Waals surface area (Å²) in [7, 11) is 0. The number of benzene rings is 1. The molecule has 1 heterocycles. The van der Waals surface area contributed by atoms with E-state index < -0.39 is 28.8 Å². The minimum Gasteiger partial charge on any atom is -0.287 e. The summed E-state index contributed by atoms with van der Waals surface area (Å²) in [5.41, 5.74) is -0.731. The minimum absolute atomic E-state index is 0.198. The monoisotopic (exact) mass is 334 g/mol. The van der Waals surface area contributed by atoms with E-state index in [0.29, 0.717) is 16.6 Å². The van der Waals surface area contributed by atoms with Gasteiger partial charge in [0.05, 0.1) is 10.4 Å². The molecule has 0 aliphatic heterocycles. The zero-order valence-corrected chi connectivity index (χ0v) is 11.5. The molecule has 0 fully saturated rings. The predicted octanol–water partition coefficient (Wildman–Crippen LogP) is 4.47. The Morgan fingerprint density at radius 2 is 1.72 bits per heavy atom. The van der Waals surface area contributed by atoms with E-state index in [1.165, 1.54) is 6.07 Å². The van der Waals surface area contributed by atoms with Gasteiger partial charge in [-0.1, -0.05) is 0 Å². The third kappa shape index (κ3) is 2.35. The summed E-state index contributed by atoms with van der Waals surface area (Å²) < 4.78 is 40.3. The topological polar surface area (TPSA) is 17.1 Å². The number of carbonyl (C=O) groups excluding carboxylic acids is 1. The van der Waals surface area contributed by atoms with Crippen molar-refractivity contribution >= 4 is 33.0 Å². The first-order chi connectivity index (χ1) is 8.40. The molecule has 6 heteroatoms. The van der Waals surface area contributed by atoms with Crippen LogP contribution in [0.4, 0.5) is 13.2 Å². The fourth-order valence-corrected chi connectivity index (χ4v) is 2.94. The lowest BCUT2D eigenvalue weighted by Gasteiger charge is -2.02. The smallest absolute Gasteiger partial charge is 0.208 e. The zero-order valence-electron chi connectivity index (χ0n) is 9.06. The van der Waals surface area contributed by atoms with E-state index in [9.17, 15) is 18.0 Å². The number of hydrogen-bond acceptors (Lipinski definition) is 2. The highest BCUT2D eigenvalue weighted by Crippen LogP contribution is 2.29. The molecule has 1 aromatic carbocycles. The second kappa shape index (κ2) is 4.85. The first-order valence-electron chi connectivity index (χ1n) is 4.85. The van der Waals surface area contributed by atoms with Crippen LogP contribution in [-0.2, 0) is 0 Å². The molecule has 0 radical (unpaired) electrons. The second-order valence-corrected chi connectivity index (χ2v) is 5.70. The van der Waals surface area contributed by atoms with Gasteiger partial charge in [-0.05, 0) is 28.9 Å². The van der Waals surface area contributed by atoms with Gasteiger partial charge in [-0.15, -0.1) is 11.3 Å². The molecule has 0 aliphatic rings. The maximum Gasteiger partial charge on any atom is 0.208 e. The summed E-state index contributed by atoms with van der Waals surface area (Å²) in [6.07, 6.45) is 0. The van der Waals surface area contributed by atoms with Gasteiger partial charge in [0.25, 0.3) is 0 Å². The van der Waals surface area contributed by atoms with Crippen molar-refractivity contribution in [1.82, 2.24) is 0 Å². The van der Waals surface area contributed by atoms with Crippen LogP contribution in [0.2, 0.25) is 0 Å². The van der Waals surface area contributed by atoms with Gasteiger partial charge < -0.3 is 0 Å². The highest BCUT2D eigenvalue weighted by Gasteiger charge is 2.22. The van der Waals surface area contributed by atoms with Crippen LogP contribution in [-0.4, -0.2) is 5.78 Å². The van der Waals surface area contributed by atoms with E-state index in [1.54, 1.807) is 6.92 Å². The van der Waals surface area contributed by atoms with Crippen LogP contribution in [0.1, 0.15) is 20.1 Å². The SMILES string of the molecule is Cc1sc(C(=O)c2c(F)cc(F)cc2F)cc1Br. The molecule has 94 valence electrons. The van der Waals surface area contributed by atoms with Crippen LogP contribution in [0.5, 0.6) is 0 Å². The molecule has 0 amide bonds. The Hall–Kier alpha value is -1.14. The zero-order chi connectivity index (χ0) is 13.4. The van der Waals surface area contributed by atoms with Crippen molar-refractivity contribution in [3.05, 3.63) is 55.4 Å². The molecular weight excluding hydrogens is 329 g/mol. The molecule has 0 N–H and O–H groups in total. The Labute approximate surface area is 113 Å². The summed E-state index contributed by atoms with van der Waals surface area (Å²) in [6.45, 7) is 1.77. The van der Waals surface area contributed by atoms with Gasteiger partial charge in [0.2, 0.25) is 5.78 Å². The van der Waals surface area contributed by atoms with Crippen molar-refractivity contribution < 1.29 is 18.0 Å². The summed E-state index contributed by atoms with van der Waals surface area (Å²) in [5.74, 6) is -4.23. The van der Waals surface area contributed by atoms with Crippen LogP contribution in [0.3, 0.4) is 0 Å². The molecule has 1 nitrogen and oxygen atoms in total. The molecular formula is C12H6BrF3OS. The van der Waals surface area contributed by atoms with E-state index in [-0.39, 0.29) is 4.88 Å². The van der Waals surface area contributed by atoms with Crippen LogP contribution >= 0.6 is 27.3 Å². The molecule has 0 atom stereocenters. The van der Waals surface area contributed by atoms with Gasteiger partial charge in [0.1, 0.15) is 17.5 Å². The predicted molar refractivity (Wildman–Crippen MR) is 66.5 cm³/mol. The van der Waals surface area contributed by atoms with Crippen molar-refractivity contribution in [3.63, 3.8) is 0 Å². The summed E-state index contributed by atoms with van der Waals surface area (Å²) in [6, 6.07) is 2.47. The number of thiophene rings is 1.